The molecule has 0 aromatic heterocycles. The number of nitrogens with zero attached hydrogens (tertiary/aromatic N) is 1. The van der Waals surface area contributed by atoms with Crippen LogP contribution >= 0.6 is 0 Å². The van der Waals surface area contributed by atoms with Gasteiger partial charge in [0, 0.05) is 12.6 Å². The first kappa shape index (κ1) is 14.1. The predicted molar refractivity (Wildman–Crippen MR) is 80.5 cm³/mol. The van der Waals surface area contributed by atoms with Crippen molar-refractivity contribution >= 4 is 5.84 Å². The molecular weight excluding hydrogens is 234 g/mol. The summed E-state index contributed by atoms with van der Waals surface area (Å²) in [4.78, 5) is 2.49. The summed E-state index contributed by atoms with van der Waals surface area (Å²) < 4.78 is 0. The second kappa shape index (κ2) is 6.20. The molecule has 104 valence electrons. The Bertz CT molecular complexity index is 415. The van der Waals surface area contributed by atoms with Gasteiger partial charge in [-0.05, 0) is 37.8 Å². The fraction of sp³-hybridized carbons (Fsp3) is 0.562. The second-order valence-corrected chi connectivity index (χ2v) is 5.77. The zero-order valence-electron chi connectivity index (χ0n) is 12.0. The van der Waals surface area contributed by atoms with Gasteiger partial charge < -0.3 is 5.73 Å². The third kappa shape index (κ3) is 3.35. The van der Waals surface area contributed by atoms with Crippen molar-refractivity contribution in [3.05, 3.63) is 35.9 Å². The summed E-state index contributed by atoms with van der Waals surface area (Å²) in [6, 6.07) is 10.8. The summed E-state index contributed by atoms with van der Waals surface area (Å²) in [6.07, 6.45) is 2.57. The van der Waals surface area contributed by atoms with Gasteiger partial charge >= 0.3 is 0 Å². The van der Waals surface area contributed by atoms with Gasteiger partial charge in [0.2, 0.25) is 0 Å². The fourth-order valence-corrected chi connectivity index (χ4v) is 2.98. The average molecular weight is 259 g/mol. The minimum absolute atomic E-state index is 0.0222. The smallest absolute Gasteiger partial charge is 0.0995 e. The molecule has 1 aliphatic rings. The lowest BCUT2D eigenvalue weighted by Gasteiger charge is -2.39. The largest absolute Gasteiger partial charge is 0.387 e. The minimum atomic E-state index is 0.0222. The third-order valence-electron chi connectivity index (χ3n) is 4.50. The van der Waals surface area contributed by atoms with Gasteiger partial charge in [0.15, 0.2) is 0 Å². The highest BCUT2D eigenvalue weighted by molar-refractivity contribution is 5.84. The molecule has 3 N–H and O–H groups in total. The van der Waals surface area contributed by atoms with Crippen LogP contribution in [-0.4, -0.2) is 29.9 Å². The van der Waals surface area contributed by atoms with Gasteiger partial charge in [0.1, 0.15) is 0 Å². The molecule has 1 aromatic rings. The monoisotopic (exact) mass is 259 g/mol. The van der Waals surface area contributed by atoms with Crippen LogP contribution in [-0.2, 0) is 0 Å². The van der Waals surface area contributed by atoms with Crippen molar-refractivity contribution in [2.75, 3.05) is 13.1 Å². The number of likely N-dealkylation sites (tertiary alicyclic amines) is 1. The molecule has 19 heavy (non-hydrogen) atoms. The molecule has 0 radical (unpaired) electrons. The molecule has 1 fully saturated rings. The molecule has 0 amide bonds. The zero-order valence-corrected chi connectivity index (χ0v) is 12.0. The highest BCUT2D eigenvalue weighted by Crippen LogP contribution is 2.26. The summed E-state index contributed by atoms with van der Waals surface area (Å²) >= 11 is 0. The number of benzene rings is 1. The van der Waals surface area contributed by atoms with Crippen LogP contribution in [0.25, 0.3) is 0 Å². The Morgan fingerprint density at radius 2 is 2.05 bits per heavy atom. The maximum atomic E-state index is 7.87. The lowest BCUT2D eigenvalue weighted by atomic mass is 9.89. The van der Waals surface area contributed by atoms with E-state index in [1.807, 2.05) is 18.2 Å². The van der Waals surface area contributed by atoms with Crippen LogP contribution in [0.5, 0.6) is 0 Å². The first-order valence-corrected chi connectivity index (χ1v) is 7.22. The summed E-state index contributed by atoms with van der Waals surface area (Å²) in [5.41, 5.74) is 6.98. The van der Waals surface area contributed by atoms with Crippen LogP contribution in [0.4, 0.5) is 0 Å². The molecular formula is C16H25N3. The number of amidine groups is 1. The van der Waals surface area contributed by atoms with E-state index < -0.39 is 0 Å². The quantitative estimate of drug-likeness (QED) is 0.645. The third-order valence-corrected chi connectivity index (χ3v) is 4.50. The number of piperidine rings is 1. The Kier molecular flexibility index (Phi) is 4.59. The van der Waals surface area contributed by atoms with Crippen LogP contribution < -0.4 is 5.73 Å². The van der Waals surface area contributed by atoms with Crippen molar-refractivity contribution in [2.24, 2.45) is 11.7 Å². The van der Waals surface area contributed by atoms with Crippen molar-refractivity contribution in [3.8, 4) is 0 Å². The minimum Gasteiger partial charge on any atom is -0.387 e. The topological polar surface area (TPSA) is 53.1 Å². The number of rotatable bonds is 4. The van der Waals surface area contributed by atoms with Crippen molar-refractivity contribution < 1.29 is 0 Å². The van der Waals surface area contributed by atoms with E-state index in [1.54, 1.807) is 0 Å². The summed E-state index contributed by atoms with van der Waals surface area (Å²) in [7, 11) is 0. The normalized spacial score (nSPS) is 26.0. The van der Waals surface area contributed by atoms with Crippen molar-refractivity contribution in [2.45, 2.75) is 38.6 Å². The molecule has 0 bridgehead atoms. The van der Waals surface area contributed by atoms with Crippen LogP contribution in [0.15, 0.2) is 30.3 Å². The van der Waals surface area contributed by atoms with E-state index in [2.05, 4.69) is 30.9 Å². The van der Waals surface area contributed by atoms with Gasteiger partial charge in [0.05, 0.1) is 11.8 Å². The molecule has 3 nitrogen and oxygen atoms in total. The van der Waals surface area contributed by atoms with Gasteiger partial charge in [-0.15, -0.1) is 0 Å². The first-order valence-electron chi connectivity index (χ1n) is 7.22. The van der Waals surface area contributed by atoms with E-state index in [4.69, 9.17) is 11.1 Å². The molecule has 0 saturated carbocycles. The van der Waals surface area contributed by atoms with Gasteiger partial charge in [0.25, 0.3) is 0 Å². The zero-order chi connectivity index (χ0) is 13.8. The first-order chi connectivity index (χ1) is 9.09. The lowest BCUT2D eigenvalue weighted by Crippen LogP contribution is -2.46. The molecule has 3 atom stereocenters. The molecule has 1 aliphatic heterocycles. The van der Waals surface area contributed by atoms with Gasteiger partial charge in [-0.25, -0.2) is 0 Å². The SMILES string of the molecule is CC1CCCN(CC(C(=N)N)c2ccccc2)C1C. The molecule has 3 heteroatoms. The molecule has 1 heterocycles. The molecule has 0 aliphatic carbocycles. The maximum Gasteiger partial charge on any atom is 0.0995 e. The standard InChI is InChI=1S/C16H25N3/c1-12-7-6-10-19(13(12)2)11-15(16(17)18)14-8-4-3-5-9-14/h3-5,8-9,12-13,15H,6-7,10-11H2,1-2H3,(H3,17,18). The average Bonchev–Trinajstić information content (AvgIpc) is 2.41. The lowest BCUT2D eigenvalue weighted by molar-refractivity contribution is 0.112. The van der Waals surface area contributed by atoms with Gasteiger partial charge in [-0.1, -0.05) is 37.3 Å². The van der Waals surface area contributed by atoms with Crippen LogP contribution in [0, 0.1) is 11.3 Å². The Hall–Kier alpha value is -1.35. The Morgan fingerprint density at radius 1 is 1.37 bits per heavy atom. The highest BCUT2D eigenvalue weighted by Gasteiger charge is 2.28. The summed E-state index contributed by atoms with van der Waals surface area (Å²) in [6.45, 7) is 6.61. The highest BCUT2D eigenvalue weighted by atomic mass is 15.2. The number of nitrogens with one attached hydrogen (secondary N) is 1. The van der Waals surface area contributed by atoms with Crippen molar-refractivity contribution in [3.63, 3.8) is 0 Å². The van der Waals surface area contributed by atoms with Gasteiger partial charge in [-0.3, -0.25) is 10.3 Å². The molecule has 0 spiro atoms. The van der Waals surface area contributed by atoms with Crippen LogP contribution in [0.3, 0.4) is 0 Å². The van der Waals surface area contributed by atoms with E-state index in [1.165, 1.54) is 12.8 Å². The Morgan fingerprint density at radius 3 is 2.68 bits per heavy atom. The predicted octanol–water partition coefficient (Wildman–Crippen LogP) is 2.83. The maximum absolute atomic E-state index is 7.87. The Balaban J connectivity index is 2.11. The van der Waals surface area contributed by atoms with E-state index in [9.17, 15) is 0 Å². The van der Waals surface area contributed by atoms with E-state index in [0.29, 0.717) is 6.04 Å². The van der Waals surface area contributed by atoms with Gasteiger partial charge in [-0.2, -0.15) is 0 Å². The van der Waals surface area contributed by atoms with Crippen molar-refractivity contribution in [1.29, 1.82) is 5.41 Å². The summed E-state index contributed by atoms with van der Waals surface area (Å²) in [5.74, 6) is 1.03. The molecule has 1 aromatic carbocycles. The van der Waals surface area contributed by atoms with E-state index in [0.717, 1.165) is 24.6 Å². The number of nitrogens with two attached hydrogens (primary N) is 1. The van der Waals surface area contributed by atoms with E-state index >= 15 is 0 Å². The Labute approximate surface area is 116 Å². The van der Waals surface area contributed by atoms with E-state index in [-0.39, 0.29) is 11.8 Å². The fourth-order valence-electron chi connectivity index (χ4n) is 2.98. The number of hydrogen-bond donors (Lipinski definition) is 2. The number of hydrogen-bond acceptors (Lipinski definition) is 2. The van der Waals surface area contributed by atoms with Crippen LogP contribution in [0.1, 0.15) is 38.2 Å². The molecule has 1 saturated heterocycles. The summed E-state index contributed by atoms with van der Waals surface area (Å²) in [5, 5.41) is 7.87. The molecule has 3 unspecified atom stereocenters. The second-order valence-electron chi connectivity index (χ2n) is 5.77. The molecule has 2 rings (SSSR count). The van der Waals surface area contributed by atoms with Crippen LogP contribution in [0.2, 0.25) is 0 Å². The van der Waals surface area contributed by atoms with Crippen molar-refractivity contribution in [1.82, 2.24) is 4.90 Å².